The number of hydrogen-bond acceptors (Lipinski definition) is 3. The molecule has 3 nitrogen and oxygen atoms in total. The normalized spacial score (nSPS) is 10.4. The van der Waals surface area contributed by atoms with Crippen molar-refractivity contribution in [1.82, 2.24) is 4.98 Å². The third kappa shape index (κ3) is 2.73. The van der Waals surface area contributed by atoms with E-state index >= 15 is 0 Å². The second-order valence-electron chi connectivity index (χ2n) is 3.24. The van der Waals surface area contributed by atoms with E-state index in [9.17, 15) is 4.39 Å². The van der Waals surface area contributed by atoms with Gasteiger partial charge in [0.2, 0.25) is 0 Å². The Hall–Kier alpha value is -1.55. The Bertz CT molecular complexity index is 459. The number of furan rings is 1. The lowest BCUT2D eigenvalue weighted by molar-refractivity contribution is 0.512. The van der Waals surface area contributed by atoms with Gasteiger partial charge in [-0.05, 0) is 18.2 Å². The quantitative estimate of drug-likeness (QED) is 0.892. The summed E-state index contributed by atoms with van der Waals surface area (Å²) in [6, 6.07) is 4.91. The number of pyridine rings is 1. The average Bonchev–Trinajstić information content (AvgIpc) is 2.74. The smallest absolute Gasteiger partial charge is 0.166 e. The van der Waals surface area contributed by atoms with Crippen molar-refractivity contribution in [2.24, 2.45) is 0 Å². The Morgan fingerprint density at radius 2 is 2.38 bits per heavy atom. The third-order valence-electron chi connectivity index (χ3n) is 2.05. The van der Waals surface area contributed by atoms with Gasteiger partial charge in [-0.1, -0.05) is 11.6 Å². The molecular weight excluding hydrogens is 231 g/mol. The SMILES string of the molecule is Fc1cc(Cl)cnc1NCCc1ccco1. The summed E-state index contributed by atoms with van der Waals surface area (Å²) >= 11 is 5.59. The van der Waals surface area contributed by atoms with E-state index in [-0.39, 0.29) is 10.8 Å². The molecule has 0 aliphatic rings. The molecule has 0 aromatic carbocycles. The lowest BCUT2D eigenvalue weighted by atomic mass is 10.3. The van der Waals surface area contributed by atoms with Crippen molar-refractivity contribution in [1.29, 1.82) is 0 Å². The van der Waals surface area contributed by atoms with Gasteiger partial charge in [-0.3, -0.25) is 0 Å². The van der Waals surface area contributed by atoms with Crippen LogP contribution < -0.4 is 5.32 Å². The second kappa shape index (κ2) is 4.99. The van der Waals surface area contributed by atoms with Gasteiger partial charge in [-0.25, -0.2) is 9.37 Å². The van der Waals surface area contributed by atoms with Gasteiger partial charge in [0.1, 0.15) is 5.76 Å². The molecule has 0 amide bonds. The largest absolute Gasteiger partial charge is 0.469 e. The maximum Gasteiger partial charge on any atom is 0.166 e. The zero-order chi connectivity index (χ0) is 11.4. The van der Waals surface area contributed by atoms with E-state index in [2.05, 4.69) is 10.3 Å². The second-order valence-corrected chi connectivity index (χ2v) is 3.68. The van der Waals surface area contributed by atoms with E-state index in [1.807, 2.05) is 12.1 Å². The maximum atomic E-state index is 13.3. The van der Waals surface area contributed by atoms with Crippen molar-refractivity contribution >= 4 is 17.4 Å². The molecule has 0 saturated heterocycles. The Morgan fingerprint density at radius 1 is 1.50 bits per heavy atom. The van der Waals surface area contributed by atoms with Crippen molar-refractivity contribution < 1.29 is 8.81 Å². The molecule has 5 heteroatoms. The Labute approximate surface area is 97.3 Å². The lowest BCUT2D eigenvalue weighted by Crippen LogP contribution is -2.07. The molecule has 0 fully saturated rings. The third-order valence-corrected chi connectivity index (χ3v) is 2.26. The molecule has 0 atom stereocenters. The molecule has 0 spiro atoms. The van der Waals surface area contributed by atoms with Crippen LogP contribution >= 0.6 is 11.6 Å². The summed E-state index contributed by atoms with van der Waals surface area (Å²) in [4.78, 5) is 3.85. The van der Waals surface area contributed by atoms with Gasteiger partial charge in [0.25, 0.3) is 0 Å². The van der Waals surface area contributed by atoms with Crippen LogP contribution in [0.3, 0.4) is 0 Å². The van der Waals surface area contributed by atoms with Crippen LogP contribution in [0.2, 0.25) is 5.02 Å². The van der Waals surface area contributed by atoms with E-state index in [4.69, 9.17) is 16.0 Å². The predicted molar refractivity (Wildman–Crippen MR) is 60.1 cm³/mol. The van der Waals surface area contributed by atoms with Crippen LogP contribution in [0.4, 0.5) is 10.2 Å². The molecule has 2 heterocycles. The minimum absolute atomic E-state index is 0.205. The Balaban J connectivity index is 1.90. The first-order valence-corrected chi connectivity index (χ1v) is 5.21. The Morgan fingerprint density at radius 3 is 3.06 bits per heavy atom. The molecule has 84 valence electrons. The van der Waals surface area contributed by atoms with E-state index in [1.165, 1.54) is 12.3 Å². The number of halogens is 2. The number of nitrogens with one attached hydrogen (secondary N) is 1. The number of rotatable bonds is 4. The van der Waals surface area contributed by atoms with Gasteiger partial charge in [-0.15, -0.1) is 0 Å². The van der Waals surface area contributed by atoms with Gasteiger partial charge in [-0.2, -0.15) is 0 Å². The number of anilines is 1. The van der Waals surface area contributed by atoms with Crippen LogP contribution in [0.1, 0.15) is 5.76 Å². The molecule has 1 N–H and O–H groups in total. The summed E-state index contributed by atoms with van der Waals surface area (Å²) in [5, 5.41) is 3.16. The zero-order valence-electron chi connectivity index (χ0n) is 8.41. The van der Waals surface area contributed by atoms with E-state index in [1.54, 1.807) is 6.26 Å². The van der Waals surface area contributed by atoms with Crippen LogP contribution in [0.5, 0.6) is 0 Å². The minimum Gasteiger partial charge on any atom is -0.469 e. The fraction of sp³-hybridized carbons (Fsp3) is 0.182. The van der Waals surface area contributed by atoms with Crippen LogP contribution in [0.25, 0.3) is 0 Å². The fourth-order valence-electron chi connectivity index (χ4n) is 1.30. The van der Waals surface area contributed by atoms with Crippen molar-refractivity contribution in [2.75, 3.05) is 11.9 Å². The molecule has 16 heavy (non-hydrogen) atoms. The molecule has 0 aliphatic heterocycles. The summed E-state index contributed by atoms with van der Waals surface area (Å²) < 4.78 is 18.4. The first-order valence-electron chi connectivity index (χ1n) is 4.83. The van der Waals surface area contributed by atoms with Crippen LogP contribution in [-0.2, 0) is 6.42 Å². The van der Waals surface area contributed by atoms with Gasteiger partial charge >= 0.3 is 0 Å². The first-order chi connectivity index (χ1) is 7.75. The maximum absolute atomic E-state index is 13.3. The topological polar surface area (TPSA) is 38.1 Å². The summed E-state index contributed by atoms with van der Waals surface area (Å²) in [5.74, 6) is 0.602. The molecule has 0 saturated carbocycles. The van der Waals surface area contributed by atoms with Crippen LogP contribution in [0, 0.1) is 5.82 Å². The highest BCUT2D eigenvalue weighted by Gasteiger charge is 2.04. The van der Waals surface area contributed by atoms with Gasteiger partial charge in [0, 0.05) is 19.2 Å². The van der Waals surface area contributed by atoms with E-state index in [0.717, 1.165) is 5.76 Å². The number of hydrogen-bond donors (Lipinski definition) is 1. The highest BCUT2D eigenvalue weighted by atomic mass is 35.5. The summed E-state index contributed by atoms with van der Waals surface area (Å²) in [6.45, 7) is 0.555. The highest BCUT2D eigenvalue weighted by molar-refractivity contribution is 6.30. The standard InChI is InChI=1S/C11H10ClFN2O/c12-8-6-10(13)11(15-7-8)14-4-3-9-2-1-5-16-9/h1-2,5-7H,3-4H2,(H,14,15). The molecule has 0 bridgehead atoms. The predicted octanol–water partition coefficient (Wildman–Crippen LogP) is 3.12. The van der Waals surface area contributed by atoms with E-state index in [0.29, 0.717) is 13.0 Å². The summed E-state index contributed by atoms with van der Waals surface area (Å²) in [7, 11) is 0. The zero-order valence-corrected chi connectivity index (χ0v) is 9.17. The van der Waals surface area contributed by atoms with Crippen LogP contribution in [0.15, 0.2) is 35.1 Å². The summed E-state index contributed by atoms with van der Waals surface area (Å²) in [6.07, 6.45) is 3.69. The minimum atomic E-state index is -0.452. The van der Waals surface area contributed by atoms with E-state index < -0.39 is 5.82 Å². The van der Waals surface area contributed by atoms with Crippen molar-refractivity contribution in [2.45, 2.75) is 6.42 Å². The molecule has 0 unspecified atom stereocenters. The molecule has 0 aliphatic carbocycles. The van der Waals surface area contributed by atoms with Gasteiger partial charge in [0.05, 0.1) is 11.3 Å². The first kappa shape index (κ1) is 11.0. The molecular formula is C11H10ClFN2O. The lowest BCUT2D eigenvalue weighted by Gasteiger charge is -2.05. The number of nitrogens with zero attached hydrogens (tertiary/aromatic N) is 1. The van der Waals surface area contributed by atoms with Gasteiger partial charge in [0.15, 0.2) is 11.6 Å². The monoisotopic (exact) mass is 240 g/mol. The molecule has 0 radical (unpaired) electrons. The molecule has 2 aromatic rings. The summed E-state index contributed by atoms with van der Waals surface area (Å²) in [5.41, 5.74) is 0. The molecule has 2 aromatic heterocycles. The average molecular weight is 241 g/mol. The Kier molecular flexibility index (Phi) is 3.41. The number of aromatic nitrogens is 1. The van der Waals surface area contributed by atoms with Crippen molar-refractivity contribution in [3.05, 3.63) is 47.3 Å². The van der Waals surface area contributed by atoms with Crippen molar-refractivity contribution in [3.63, 3.8) is 0 Å². The fourth-order valence-corrected chi connectivity index (χ4v) is 1.45. The van der Waals surface area contributed by atoms with Gasteiger partial charge < -0.3 is 9.73 Å². The molecule has 2 rings (SSSR count). The van der Waals surface area contributed by atoms with Crippen LogP contribution in [-0.4, -0.2) is 11.5 Å². The van der Waals surface area contributed by atoms with Crippen molar-refractivity contribution in [3.8, 4) is 0 Å². The highest BCUT2D eigenvalue weighted by Crippen LogP contribution is 2.15.